The number of amides is 2. The van der Waals surface area contributed by atoms with E-state index in [9.17, 15) is 31.5 Å². The van der Waals surface area contributed by atoms with Crippen LogP contribution in [0.25, 0.3) is 0 Å². The van der Waals surface area contributed by atoms with Crippen molar-refractivity contribution < 1.29 is 31.5 Å². The summed E-state index contributed by atoms with van der Waals surface area (Å²) >= 11 is 0. The lowest BCUT2D eigenvalue weighted by molar-refractivity contribution is -0.166. The first-order valence-electron chi connectivity index (χ1n) is 10.3. The predicted molar refractivity (Wildman–Crippen MR) is 111 cm³/mol. The number of anilines is 1. The van der Waals surface area contributed by atoms with Crippen LogP contribution in [0, 0.1) is 11.3 Å². The minimum Gasteiger partial charge on any atom is -0.320 e. The van der Waals surface area contributed by atoms with Gasteiger partial charge in [-0.25, -0.2) is 8.78 Å². The van der Waals surface area contributed by atoms with E-state index in [1.807, 2.05) is 6.07 Å². The number of hydrogen-bond acceptors (Lipinski definition) is 4. The van der Waals surface area contributed by atoms with Gasteiger partial charge in [0.2, 0.25) is 5.91 Å². The standard InChI is InChI=1S/C23H19F5N4O2/c24-19(25)11-30-13-22(14-30)21(34)31(18-7-3-15(9-29)4-8-18)12-20(33)32(22)10-16-1-5-17(6-2-16)23(26,27)28/h1-8,19H,10-14H2. The third kappa shape index (κ3) is 4.33. The maximum Gasteiger partial charge on any atom is 0.416 e. The summed E-state index contributed by atoms with van der Waals surface area (Å²) in [6.07, 6.45) is -7.13. The smallest absolute Gasteiger partial charge is 0.320 e. The number of rotatable bonds is 5. The molecule has 178 valence electrons. The molecule has 1 spiro atoms. The Hall–Kier alpha value is -3.52. The molecule has 2 amide bonds. The molecule has 2 fully saturated rings. The highest BCUT2D eigenvalue weighted by Crippen LogP contribution is 2.37. The van der Waals surface area contributed by atoms with Crippen LogP contribution in [-0.4, -0.2) is 59.8 Å². The van der Waals surface area contributed by atoms with Crippen molar-refractivity contribution in [1.29, 1.82) is 5.26 Å². The number of benzene rings is 2. The average Bonchev–Trinajstić information content (AvgIpc) is 2.76. The lowest BCUT2D eigenvalue weighted by Gasteiger charge is -2.58. The number of likely N-dealkylation sites (tertiary alicyclic amines) is 1. The summed E-state index contributed by atoms with van der Waals surface area (Å²) in [5, 5.41) is 8.98. The zero-order valence-electron chi connectivity index (χ0n) is 17.7. The Morgan fingerprint density at radius 2 is 1.62 bits per heavy atom. The van der Waals surface area contributed by atoms with Crippen molar-refractivity contribution in [3.05, 3.63) is 65.2 Å². The Morgan fingerprint density at radius 1 is 1.00 bits per heavy atom. The normalized spacial score (nSPS) is 18.4. The molecule has 0 N–H and O–H groups in total. The molecular formula is C23H19F5N4O2. The molecule has 0 aliphatic carbocycles. The van der Waals surface area contributed by atoms with Gasteiger partial charge in [-0.3, -0.25) is 14.5 Å². The van der Waals surface area contributed by atoms with Crippen LogP contribution >= 0.6 is 0 Å². The van der Waals surface area contributed by atoms with Gasteiger partial charge in [-0.1, -0.05) is 12.1 Å². The van der Waals surface area contributed by atoms with E-state index in [0.29, 0.717) is 16.8 Å². The third-order valence-electron chi connectivity index (χ3n) is 6.05. The van der Waals surface area contributed by atoms with E-state index in [4.69, 9.17) is 5.26 Å². The summed E-state index contributed by atoms with van der Waals surface area (Å²) in [6, 6.07) is 12.3. The Balaban J connectivity index is 1.62. The lowest BCUT2D eigenvalue weighted by Crippen LogP contribution is -2.80. The molecule has 34 heavy (non-hydrogen) atoms. The Bertz CT molecular complexity index is 1120. The van der Waals surface area contributed by atoms with Crippen LogP contribution in [0.2, 0.25) is 0 Å². The summed E-state index contributed by atoms with van der Waals surface area (Å²) in [6.45, 7) is -1.24. The molecule has 11 heteroatoms. The number of carbonyl (C=O) groups is 2. The zero-order chi connectivity index (χ0) is 24.7. The van der Waals surface area contributed by atoms with Crippen LogP contribution in [0.1, 0.15) is 16.7 Å². The second-order valence-electron chi connectivity index (χ2n) is 8.32. The van der Waals surface area contributed by atoms with Crippen molar-refractivity contribution in [2.45, 2.75) is 24.7 Å². The molecule has 2 aromatic rings. The first-order valence-corrected chi connectivity index (χ1v) is 10.3. The number of nitrogens with zero attached hydrogens (tertiary/aromatic N) is 4. The highest BCUT2D eigenvalue weighted by molar-refractivity contribution is 6.10. The van der Waals surface area contributed by atoms with Crippen LogP contribution in [0.3, 0.4) is 0 Å². The molecule has 6 nitrogen and oxygen atoms in total. The van der Waals surface area contributed by atoms with Gasteiger partial charge in [-0.2, -0.15) is 18.4 Å². The number of alkyl halides is 5. The fraction of sp³-hybridized carbons (Fsp3) is 0.348. The summed E-state index contributed by atoms with van der Waals surface area (Å²) in [7, 11) is 0. The molecule has 2 aliphatic rings. The largest absolute Gasteiger partial charge is 0.416 e. The predicted octanol–water partition coefficient (Wildman–Crippen LogP) is 3.27. The van der Waals surface area contributed by atoms with Crippen molar-refractivity contribution >= 4 is 17.5 Å². The quantitative estimate of drug-likeness (QED) is 0.619. The Labute approximate surface area is 191 Å². The van der Waals surface area contributed by atoms with Crippen LogP contribution < -0.4 is 4.90 Å². The van der Waals surface area contributed by atoms with Crippen molar-refractivity contribution in [2.75, 3.05) is 31.1 Å². The molecule has 2 aromatic carbocycles. The Morgan fingerprint density at radius 3 is 2.15 bits per heavy atom. The van der Waals surface area contributed by atoms with Gasteiger partial charge < -0.3 is 9.80 Å². The van der Waals surface area contributed by atoms with E-state index in [2.05, 4.69) is 0 Å². The molecule has 0 saturated carbocycles. The molecule has 0 radical (unpaired) electrons. The summed E-state index contributed by atoms with van der Waals surface area (Å²) in [4.78, 5) is 30.6. The Kier molecular flexibility index (Phi) is 6.03. The van der Waals surface area contributed by atoms with E-state index >= 15 is 0 Å². The number of nitriles is 1. The van der Waals surface area contributed by atoms with Crippen LogP contribution in [0.4, 0.5) is 27.6 Å². The van der Waals surface area contributed by atoms with E-state index < -0.39 is 42.1 Å². The fourth-order valence-corrected chi connectivity index (χ4v) is 4.37. The van der Waals surface area contributed by atoms with E-state index in [1.165, 1.54) is 51.1 Å². The van der Waals surface area contributed by atoms with Gasteiger partial charge in [0.05, 0.1) is 23.7 Å². The van der Waals surface area contributed by atoms with Gasteiger partial charge in [0, 0.05) is 25.3 Å². The van der Waals surface area contributed by atoms with Gasteiger partial charge in [0.25, 0.3) is 12.3 Å². The van der Waals surface area contributed by atoms with Crippen LogP contribution in [0.5, 0.6) is 0 Å². The molecule has 0 bridgehead atoms. The minimum absolute atomic E-state index is 0.116. The molecule has 0 unspecified atom stereocenters. The topological polar surface area (TPSA) is 67.7 Å². The average molecular weight is 478 g/mol. The fourth-order valence-electron chi connectivity index (χ4n) is 4.37. The van der Waals surface area contributed by atoms with E-state index in [1.54, 1.807) is 0 Å². The van der Waals surface area contributed by atoms with Gasteiger partial charge >= 0.3 is 6.18 Å². The lowest BCUT2D eigenvalue weighted by atomic mass is 9.83. The van der Waals surface area contributed by atoms with Gasteiger partial charge in [0.15, 0.2) is 0 Å². The number of piperazine rings is 1. The third-order valence-corrected chi connectivity index (χ3v) is 6.05. The molecule has 2 aliphatic heterocycles. The zero-order valence-corrected chi connectivity index (χ0v) is 17.7. The number of carbonyl (C=O) groups excluding carboxylic acids is 2. The molecule has 4 rings (SSSR count). The summed E-state index contributed by atoms with van der Waals surface area (Å²) < 4.78 is 64.4. The summed E-state index contributed by atoms with van der Waals surface area (Å²) in [5.74, 6) is -0.921. The second-order valence-corrected chi connectivity index (χ2v) is 8.32. The SMILES string of the molecule is N#Cc1ccc(N2CC(=O)N(Cc3ccc(C(F)(F)F)cc3)C3(CN(CC(F)F)C3)C2=O)cc1. The first kappa shape index (κ1) is 23.6. The summed E-state index contributed by atoms with van der Waals surface area (Å²) in [5.41, 5.74) is -1.12. The molecule has 0 atom stereocenters. The van der Waals surface area contributed by atoms with Crippen molar-refractivity contribution in [3.63, 3.8) is 0 Å². The maximum absolute atomic E-state index is 13.6. The van der Waals surface area contributed by atoms with Crippen molar-refractivity contribution in [2.24, 2.45) is 0 Å². The minimum atomic E-state index is -4.51. The first-order chi connectivity index (χ1) is 16.0. The second kappa shape index (κ2) is 8.68. The van der Waals surface area contributed by atoms with Crippen LogP contribution in [0.15, 0.2) is 48.5 Å². The van der Waals surface area contributed by atoms with E-state index in [0.717, 1.165) is 12.1 Å². The van der Waals surface area contributed by atoms with Gasteiger partial charge in [-0.05, 0) is 42.0 Å². The van der Waals surface area contributed by atoms with Crippen molar-refractivity contribution in [1.82, 2.24) is 9.80 Å². The van der Waals surface area contributed by atoms with Crippen LogP contribution in [-0.2, 0) is 22.3 Å². The monoisotopic (exact) mass is 478 g/mol. The van der Waals surface area contributed by atoms with E-state index in [-0.39, 0.29) is 26.2 Å². The maximum atomic E-state index is 13.6. The highest BCUT2D eigenvalue weighted by Gasteiger charge is 2.59. The van der Waals surface area contributed by atoms with Crippen molar-refractivity contribution in [3.8, 4) is 6.07 Å². The molecular weight excluding hydrogens is 459 g/mol. The molecule has 2 saturated heterocycles. The molecule has 0 aromatic heterocycles. The highest BCUT2D eigenvalue weighted by atomic mass is 19.4. The number of halogens is 5. The van der Waals surface area contributed by atoms with Gasteiger partial charge in [-0.15, -0.1) is 0 Å². The molecule has 2 heterocycles. The van der Waals surface area contributed by atoms with Gasteiger partial charge in [0.1, 0.15) is 12.1 Å². The number of hydrogen-bond donors (Lipinski definition) is 0.